The van der Waals surface area contributed by atoms with Crippen molar-refractivity contribution in [2.24, 2.45) is 0 Å². The molecule has 0 radical (unpaired) electrons. The van der Waals surface area contributed by atoms with E-state index in [0.29, 0.717) is 23.5 Å². The van der Waals surface area contributed by atoms with E-state index in [-0.39, 0.29) is 15.8 Å². The van der Waals surface area contributed by atoms with Gasteiger partial charge in [0.1, 0.15) is 22.7 Å². The molecule has 4 aromatic rings. The average molecular weight is 499 g/mol. The first kappa shape index (κ1) is 23.6. The Morgan fingerprint density at radius 1 is 1.12 bits per heavy atom. The number of hydrogen-bond acceptors (Lipinski definition) is 5. The largest absolute Gasteiger partial charge is 0.416 e. The summed E-state index contributed by atoms with van der Waals surface area (Å²) in [5.74, 6) is -3.59. The van der Waals surface area contributed by atoms with Gasteiger partial charge in [0.2, 0.25) is 5.78 Å². The third kappa shape index (κ3) is 4.20. The molecule has 5 N–H and O–H groups in total. The molecule has 2 heterocycles. The number of aromatic nitrogens is 3. The van der Waals surface area contributed by atoms with Gasteiger partial charge in [0.25, 0.3) is 0 Å². The lowest BCUT2D eigenvalue weighted by Crippen LogP contribution is -2.14. The van der Waals surface area contributed by atoms with Crippen molar-refractivity contribution in [2.45, 2.75) is 18.0 Å². The Hall–Kier alpha value is -3.55. The topological polar surface area (TPSA) is 114 Å². The Morgan fingerprint density at radius 3 is 2.44 bits per heavy atom. The number of aromatic amines is 1. The van der Waals surface area contributed by atoms with Crippen molar-refractivity contribution in [3.8, 4) is 0 Å². The summed E-state index contributed by atoms with van der Waals surface area (Å²) in [6, 6.07) is 4.74. The standard InChI is InChI=1S/C21H15F5N4O3S/c1-10-16-13(8-27-20(16)29-9-28-10)19(31)17-14(22)6-7-15(18(17)23)30-34(32,33)12-4-2-11(3-5-12)21(24,25)26/h2-9,30,32-33H,1H3,(H,27,28,29)/p+1. The number of hydrogen-bond donors (Lipinski definition) is 3. The van der Waals surface area contributed by atoms with Crippen molar-refractivity contribution in [2.75, 3.05) is 4.72 Å². The maximum Gasteiger partial charge on any atom is 0.416 e. The Morgan fingerprint density at radius 2 is 1.79 bits per heavy atom. The van der Waals surface area contributed by atoms with E-state index < -0.39 is 51.2 Å². The first-order valence-electron chi connectivity index (χ1n) is 9.47. The molecule has 178 valence electrons. The minimum absolute atomic E-state index is 0.0840. The zero-order valence-corrected chi connectivity index (χ0v) is 18.0. The second-order valence-electron chi connectivity index (χ2n) is 7.20. The van der Waals surface area contributed by atoms with Crippen LogP contribution in [0, 0.1) is 18.6 Å². The summed E-state index contributed by atoms with van der Waals surface area (Å²) in [4.78, 5) is 23.4. The number of aryl methyl sites for hydroxylation is 1. The second-order valence-corrected chi connectivity index (χ2v) is 9.04. The lowest BCUT2D eigenvalue weighted by molar-refractivity contribution is -0.137. The number of ketones is 1. The van der Waals surface area contributed by atoms with E-state index in [1.807, 2.05) is 0 Å². The van der Waals surface area contributed by atoms with Crippen LogP contribution >= 0.6 is 10.8 Å². The molecule has 34 heavy (non-hydrogen) atoms. The summed E-state index contributed by atoms with van der Waals surface area (Å²) < 4.78 is 88.9. The van der Waals surface area contributed by atoms with Crippen LogP contribution < -0.4 is 4.72 Å². The quantitative estimate of drug-likeness (QED) is 0.201. The van der Waals surface area contributed by atoms with Gasteiger partial charge in [0, 0.05) is 17.0 Å². The third-order valence-electron chi connectivity index (χ3n) is 5.00. The van der Waals surface area contributed by atoms with Crippen molar-refractivity contribution in [3.63, 3.8) is 0 Å². The fourth-order valence-electron chi connectivity index (χ4n) is 3.33. The highest BCUT2D eigenvalue weighted by Crippen LogP contribution is 2.49. The highest BCUT2D eigenvalue weighted by molar-refractivity contribution is 8.25. The van der Waals surface area contributed by atoms with Crippen molar-refractivity contribution >= 4 is 33.3 Å². The molecule has 0 bridgehead atoms. The van der Waals surface area contributed by atoms with Gasteiger partial charge in [-0.05, 0) is 43.3 Å². The molecule has 0 saturated carbocycles. The normalized spacial score (nSPS) is 14.6. The highest BCUT2D eigenvalue weighted by Gasteiger charge is 2.32. The molecular weight excluding hydrogens is 483 g/mol. The van der Waals surface area contributed by atoms with E-state index in [1.54, 1.807) is 6.92 Å². The summed E-state index contributed by atoms with van der Waals surface area (Å²) in [6.07, 6.45) is -2.12. The molecule has 0 amide bonds. The molecule has 7 nitrogen and oxygen atoms in total. The molecule has 2 aromatic carbocycles. The number of nitrogens with zero attached hydrogens (tertiary/aromatic N) is 2. The van der Waals surface area contributed by atoms with Gasteiger partial charge >= 0.3 is 6.18 Å². The zero-order valence-electron chi connectivity index (χ0n) is 17.2. The van der Waals surface area contributed by atoms with Crippen LogP contribution in [0.1, 0.15) is 27.2 Å². The van der Waals surface area contributed by atoms with Gasteiger partial charge in [-0.3, -0.25) is 4.79 Å². The van der Waals surface area contributed by atoms with Crippen molar-refractivity contribution < 1.29 is 35.9 Å². The number of alkyl halides is 3. The Balaban J connectivity index is 1.71. The molecule has 0 aliphatic carbocycles. The fraction of sp³-hybridized carbons (Fsp3) is 0.0952. The van der Waals surface area contributed by atoms with Gasteiger partial charge in [0.15, 0.2) is 5.82 Å². The van der Waals surface area contributed by atoms with E-state index in [4.69, 9.17) is 4.55 Å². The van der Waals surface area contributed by atoms with E-state index in [0.717, 1.165) is 24.3 Å². The first-order valence-corrected chi connectivity index (χ1v) is 11.1. The lowest BCUT2D eigenvalue weighted by Gasteiger charge is -2.29. The Kier molecular flexibility index (Phi) is 5.79. The van der Waals surface area contributed by atoms with Gasteiger partial charge in [-0.2, -0.15) is 13.2 Å². The Labute approximate surface area is 190 Å². The minimum atomic E-state index is -4.62. The smallest absolute Gasteiger partial charge is 0.345 e. The molecule has 0 aliphatic heterocycles. The van der Waals surface area contributed by atoms with Crippen molar-refractivity contribution in [3.05, 3.63) is 82.9 Å². The fourth-order valence-corrected chi connectivity index (χ4v) is 4.45. The number of fused-ring (bicyclic) bond motifs is 1. The van der Waals surface area contributed by atoms with E-state index in [9.17, 15) is 26.9 Å². The molecule has 1 unspecified atom stereocenters. The third-order valence-corrected chi connectivity index (χ3v) is 6.47. The predicted octanol–water partition coefficient (Wildman–Crippen LogP) is 5.10. The lowest BCUT2D eigenvalue weighted by atomic mass is 10.0. The molecule has 0 fully saturated rings. The predicted molar refractivity (Wildman–Crippen MR) is 116 cm³/mol. The van der Waals surface area contributed by atoms with Crippen molar-refractivity contribution in [1.29, 1.82) is 0 Å². The maximum atomic E-state index is 15.2. The number of nitrogens with one attached hydrogen (secondary N) is 2. The zero-order chi connectivity index (χ0) is 24.8. The number of rotatable bonds is 5. The van der Waals surface area contributed by atoms with Crippen LogP contribution in [0.15, 0.2) is 53.8 Å². The van der Waals surface area contributed by atoms with E-state index >= 15 is 4.39 Å². The van der Waals surface area contributed by atoms with Crippen molar-refractivity contribution in [1.82, 2.24) is 15.0 Å². The van der Waals surface area contributed by atoms with Crippen LogP contribution in [0.5, 0.6) is 0 Å². The van der Waals surface area contributed by atoms with Crippen LogP contribution in [0.3, 0.4) is 0 Å². The molecule has 13 heteroatoms. The van der Waals surface area contributed by atoms with Crippen LogP contribution in [-0.2, 0) is 6.18 Å². The van der Waals surface area contributed by atoms with Gasteiger partial charge < -0.3 is 9.54 Å². The maximum absolute atomic E-state index is 15.2. The van der Waals surface area contributed by atoms with Crippen LogP contribution in [0.2, 0.25) is 0 Å². The molecule has 0 saturated heterocycles. The van der Waals surface area contributed by atoms with Gasteiger partial charge in [-0.25, -0.2) is 28.0 Å². The molecule has 0 spiro atoms. The van der Waals surface area contributed by atoms with Crippen LogP contribution in [0.4, 0.5) is 27.6 Å². The highest BCUT2D eigenvalue weighted by atomic mass is 32.3. The average Bonchev–Trinajstić information content (AvgIpc) is 3.21. The number of halogens is 5. The number of carbonyl (C=O) groups excluding carboxylic acids is 1. The number of H-pyrrole nitrogens is 1. The molecule has 4 rings (SSSR count). The first-order chi connectivity index (χ1) is 15.9. The molecule has 0 aliphatic rings. The van der Waals surface area contributed by atoms with Gasteiger partial charge in [-0.15, -0.1) is 0 Å². The number of benzene rings is 2. The number of carbonyl (C=O) groups is 1. The summed E-state index contributed by atoms with van der Waals surface area (Å²) in [5, 5.41) is 0.275. The Bertz CT molecular complexity index is 1400. The SMILES string of the molecule is Cc1ncnc2[nH]cc(C(=O)c3c(F)ccc(NS(O)([OH2+])c4ccc(C(F)(F)F)cc4)c3F)c12. The minimum Gasteiger partial charge on any atom is -0.345 e. The number of anilines is 1. The summed E-state index contributed by atoms with van der Waals surface area (Å²) in [5.41, 5.74) is -1.92. The van der Waals surface area contributed by atoms with Crippen LogP contribution in [-0.4, -0.2) is 29.8 Å². The van der Waals surface area contributed by atoms with E-state index in [1.165, 1.54) is 12.5 Å². The summed E-state index contributed by atoms with van der Waals surface area (Å²) >= 11 is 0. The van der Waals surface area contributed by atoms with Crippen LogP contribution in [0.25, 0.3) is 11.0 Å². The monoisotopic (exact) mass is 499 g/mol. The molecular formula is C21H16F5N4O3S+. The van der Waals surface area contributed by atoms with E-state index in [2.05, 4.69) is 19.7 Å². The molecule has 2 aromatic heterocycles. The molecule has 1 atom stereocenters. The summed E-state index contributed by atoms with van der Waals surface area (Å²) in [6.45, 7) is 1.59. The van der Waals surface area contributed by atoms with Gasteiger partial charge in [-0.1, -0.05) is 0 Å². The summed E-state index contributed by atoms with van der Waals surface area (Å²) in [7, 11) is -3.82. The second kappa shape index (κ2) is 8.34. The van der Waals surface area contributed by atoms with Gasteiger partial charge in [0.05, 0.1) is 33.5 Å².